The molecule has 1 aliphatic rings. The topological polar surface area (TPSA) is 63.4 Å². The zero-order valence-electron chi connectivity index (χ0n) is 14.5. The summed E-state index contributed by atoms with van der Waals surface area (Å²) in [5.74, 6) is -0.246. The number of aryl methyl sites for hydroxylation is 1. The van der Waals surface area contributed by atoms with Crippen molar-refractivity contribution in [3.05, 3.63) is 47.0 Å². The first-order chi connectivity index (χ1) is 13.0. The number of rotatable bonds is 4. The molecule has 1 amide bonds. The van der Waals surface area contributed by atoms with E-state index in [-0.39, 0.29) is 18.9 Å². The molecular formula is C20H16Cl2N2O3. The summed E-state index contributed by atoms with van der Waals surface area (Å²) in [5, 5.41) is -0.0247. The Kier molecular flexibility index (Phi) is 4.66. The van der Waals surface area contributed by atoms with E-state index in [1.165, 1.54) is 5.56 Å². The summed E-state index contributed by atoms with van der Waals surface area (Å²) >= 11 is 11.9. The Morgan fingerprint density at radius 2 is 2.11 bits per heavy atom. The Bertz CT molecular complexity index is 1060. The van der Waals surface area contributed by atoms with Crippen LogP contribution in [0.5, 0.6) is 0 Å². The lowest BCUT2D eigenvalue weighted by atomic mass is 10.1. The third-order valence-electron chi connectivity index (χ3n) is 4.80. The fourth-order valence-corrected chi connectivity index (χ4v) is 3.61. The molecule has 1 aliphatic heterocycles. The van der Waals surface area contributed by atoms with E-state index in [0.717, 1.165) is 11.9 Å². The van der Waals surface area contributed by atoms with Crippen LogP contribution in [0.25, 0.3) is 22.6 Å². The average Bonchev–Trinajstić information content (AvgIpc) is 3.25. The maximum atomic E-state index is 12.3. The molecule has 0 saturated carbocycles. The Labute approximate surface area is 165 Å². The Morgan fingerprint density at radius 1 is 1.30 bits per heavy atom. The summed E-state index contributed by atoms with van der Waals surface area (Å²) in [6, 6.07) is 11.1. The van der Waals surface area contributed by atoms with E-state index < -0.39 is 11.2 Å². The van der Waals surface area contributed by atoms with E-state index in [9.17, 15) is 9.59 Å². The van der Waals surface area contributed by atoms with Crippen LogP contribution in [0.15, 0.2) is 40.8 Å². The third kappa shape index (κ3) is 3.33. The molecule has 5 nitrogen and oxygen atoms in total. The minimum absolute atomic E-state index is 0.114. The van der Waals surface area contributed by atoms with Gasteiger partial charge in [0.2, 0.25) is 17.0 Å². The zero-order chi connectivity index (χ0) is 19.1. The van der Waals surface area contributed by atoms with Crippen LogP contribution >= 0.6 is 23.2 Å². The normalized spacial score (nSPS) is 17.1. The van der Waals surface area contributed by atoms with E-state index in [1.807, 2.05) is 18.2 Å². The molecule has 0 radical (unpaired) electrons. The molecule has 3 aromatic rings. The minimum Gasteiger partial charge on any atom is -0.436 e. The molecule has 0 spiro atoms. The number of fused-ring (bicyclic) bond motifs is 1. The van der Waals surface area contributed by atoms with Gasteiger partial charge in [-0.15, -0.1) is 0 Å². The van der Waals surface area contributed by atoms with Crippen LogP contribution in [-0.2, 0) is 16.0 Å². The van der Waals surface area contributed by atoms with E-state index in [1.54, 1.807) is 23.1 Å². The number of carbonyl (C=O) groups is 2. The highest BCUT2D eigenvalue weighted by Gasteiger charge is 2.34. The van der Waals surface area contributed by atoms with Gasteiger partial charge in [0.15, 0.2) is 5.58 Å². The van der Waals surface area contributed by atoms with Gasteiger partial charge in [-0.2, -0.15) is 0 Å². The molecule has 27 heavy (non-hydrogen) atoms. The highest BCUT2D eigenvalue weighted by molar-refractivity contribution is 6.64. The van der Waals surface area contributed by atoms with E-state index in [2.05, 4.69) is 11.9 Å². The first-order valence-electron chi connectivity index (χ1n) is 8.65. The smallest absolute Gasteiger partial charge is 0.228 e. The number of oxazole rings is 1. The van der Waals surface area contributed by atoms with Crippen molar-refractivity contribution >= 4 is 51.1 Å². The van der Waals surface area contributed by atoms with Crippen molar-refractivity contribution < 1.29 is 14.0 Å². The van der Waals surface area contributed by atoms with Crippen LogP contribution in [0.2, 0.25) is 5.02 Å². The number of aromatic nitrogens is 1. The van der Waals surface area contributed by atoms with Gasteiger partial charge in [-0.3, -0.25) is 9.59 Å². The molecule has 2 aromatic carbocycles. The molecule has 7 heteroatoms. The number of amides is 1. The lowest BCUT2D eigenvalue weighted by Gasteiger charge is -2.17. The SMILES string of the molecule is CCc1ccc2oc(-c3cc(N4C[C@H](C(=O)Cl)CC4=O)ccc3Cl)nc2c1. The molecule has 1 saturated heterocycles. The second kappa shape index (κ2) is 6.98. The number of hydrogen-bond donors (Lipinski definition) is 0. The zero-order valence-corrected chi connectivity index (χ0v) is 16.0. The lowest BCUT2D eigenvalue weighted by Crippen LogP contribution is -2.25. The molecule has 0 bridgehead atoms. The van der Waals surface area contributed by atoms with E-state index in [0.29, 0.717) is 27.7 Å². The summed E-state index contributed by atoms with van der Waals surface area (Å²) in [6.45, 7) is 2.34. The van der Waals surface area contributed by atoms with Crippen molar-refractivity contribution in [3.63, 3.8) is 0 Å². The van der Waals surface area contributed by atoms with Gasteiger partial charge in [0.1, 0.15) is 5.52 Å². The van der Waals surface area contributed by atoms with Crippen molar-refractivity contribution in [1.82, 2.24) is 4.98 Å². The van der Waals surface area contributed by atoms with Crippen molar-refractivity contribution in [3.8, 4) is 11.5 Å². The number of benzene rings is 2. The number of nitrogens with zero attached hydrogens (tertiary/aromatic N) is 2. The third-order valence-corrected chi connectivity index (χ3v) is 5.44. The quantitative estimate of drug-likeness (QED) is 0.586. The molecule has 0 N–H and O–H groups in total. The van der Waals surface area contributed by atoms with Gasteiger partial charge in [-0.05, 0) is 53.9 Å². The maximum absolute atomic E-state index is 12.3. The average molecular weight is 403 g/mol. The summed E-state index contributed by atoms with van der Waals surface area (Å²) in [7, 11) is 0. The first-order valence-corrected chi connectivity index (χ1v) is 9.41. The van der Waals surface area contributed by atoms with Crippen molar-refractivity contribution in [2.75, 3.05) is 11.4 Å². The predicted molar refractivity (Wildman–Crippen MR) is 105 cm³/mol. The molecule has 4 rings (SSSR count). The molecular weight excluding hydrogens is 387 g/mol. The van der Waals surface area contributed by atoms with Gasteiger partial charge in [-0.25, -0.2) is 4.98 Å². The van der Waals surface area contributed by atoms with Crippen LogP contribution in [0.3, 0.4) is 0 Å². The maximum Gasteiger partial charge on any atom is 0.228 e. The van der Waals surface area contributed by atoms with Crippen molar-refractivity contribution in [2.45, 2.75) is 19.8 Å². The van der Waals surface area contributed by atoms with Gasteiger partial charge >= 0.3 is 0 Å². The summed E-state index contributed by atoms with van der Waals surface area (Å²) in [4.78, 5) is 29.8. The number of anilines is 1. The second-order valence-electron chi connectivity index (χ2n) is 6.55. The van der Waals surface area contributed by atoms with Crippen LogP contribution in [0, 0.1) is 5.92 Å². The summed E-state index contributed by atoms with van der Waals surface area (Å²) in [6.07, 6.45) is 1.02. The molecule has 1 aromatic heterocycles. The predicted octanol–water partition coefficient (Wildman–Crippen LogP) is 4.83. The van der Waals surface area contributed by atoms with Gasteiger partial charge in [0, 0.05) is 18.7 Å². The number of carbonyl (C=O) groups excluding carboxylic acids is 2. The van der Waals surface area contributed by atoms with E-state index >= 15 is 0 Å². The lowest BCUT2D eigenvalue weighted by molar-refractivity contribution is -0.120. The minimum atomic E-state index is -0.495. The second-order valence-corrected chi connectivity index (χ2v) is 7.33. The van der Waals surface area contributed by atoms with Gasteiger partial charge in [0.05, 0.1) is 16.5 Å². The van der Waals surface area contributed by atoms with E-state index in [4.69, 9.17) is 27.6 Å². The van der Waals surface area contributed by atoms with Crippen LogP contribution in [0.1, 0.15) is 18.9 Å². The standard InChI is InChI=1S/C20H16Cl2N2O3/c1-2-11-3-6-17-16(7-11)23-20(27-17)14-9-13(4-5-15(14)21)24-10-12(19(22)26)8-18(24)25/h3-7,9,12H,2,8,10H2,1H3/t12-/m1/s1. The molecule has 138 valence electrons. The monoisotopic (exact) mass is 402 g/mol. The van der Waals surface area contributed by atoms with Crippen molar-refractivity contribution in [2.24, 2.45) is 5.92 Å². The summed E-state index contributed by atoms with van der Waals surface area (Å²) in [5.41, 5.74) is 3.83. The van der Waals surface area contributed by atoms with Crippen LogP contribution in [-0.4, -0.2) is 22.7 Å². The van der Waals surface area contributed by atoms with Crippen molar-refractivity contribution in [1.29, 1.82) is 0 Å². The molecule has 2 heterocycles. The Morgan fingerprint density at radius 3 is 2.81 bits per heavy atom. The summed E-state index contributed by atoms with van der Waals surface area (Å²) < 4.78 is 5.86. The largest absolute Gasteiger partial charge is 0.436 e. The van der Waals surface area contributed by atoms with Gasteiger partial charge in [-0.1, -0.05) is 24.6 Å². The number of hydrogen-bond acceptors (Lipinski definition) is 4. The van der Waals surface area contributed by atoms with Crippen LogP contribution < -0.4 is 4.90 Å². The van der Waals surface area contributed by atoms with Gasteiger partial charge < -0.3 is 9.32 Å². The Hall–Kier alpha value is -2.37. The molecule has 1 fully saturated rings. The molecule has 1 atom stereocenters. The fraction of sp³-hybridized carbons (Fsp3) is 0.250. The molecule has 0 unspecified atom stereocenters. The first kappa shape index (κ1) is 18.0. The highest BCUT2D eigenvalue weighted by atomic mass is 35.5. The van der Waals surface area contributed by atoms with Crippen LogP contribution in [0.4, 0.5) is 5.69 Å². The Balaban J connectivity index is 1.73. The number of halogens is 2. The molecule has 0 aliphatic carbocycles. The fourth-order valence-electron chi connectivity index (χ4n) is 3.26. The van der Waals surface area contributed by atoms with Gasteiger partial charge in [0.25, 0.3) is 0 Å². The highest BCUT2D eigenvalue weighted by Crippen LogP contribution is 2.35.